The molecule has 0 spiro atoms. The third-order valence-corrected chi connectivity index (χ3v) is 5.69. The molecule has 3 rings (SSSR count). The van der Waals surface area contributed by atoms with Crippen LogP contribution in [0.15, 0.2) is 73.2 Å². The highest BCUT2D eigenvalue weighted by Gasteiger charge is 2.30. The first-order chi connectivity index (χ1) is 9.84. The average Bonchev–Trinajstić information content (AvgIpc) is 2.52. The van der Waals surface area contributed by atoms with Crippen molar-refractivity contribution >= 4 is 18.9 Å². The maximum Gasteiger partial charge on any atom is 0.142 e. The van der Waals surface area contributed by atoms with E-state index in [0.717, 1.165) is 5.69 Å². The summed E-state index contributed by atoms with van der Waals surface area (Å²) in [5, 5.41) is 1.21. The Morgan fingerprint density at radius 1 is 0.800 bits per heavy atom. The van der Waals surface area contributed by atoms with E-state index < -0.39 is 7.92 Å². The average molecular weight is 285 g/mol. The van der Waals surface area contributed by atoms with Crippen LogP contribution in [-0.2, 0) is 9.47 Å². The van der Waals surface area contributed by atoms with Crippen molar-refractivity contribution in [3.05, 3.63) is 73.2 Å². The molecule has 1 aromatic rings. The highest BCUT2D eigenvalue weighted by Crippen LogP contribution is 2.49. The summed E-state index contributed by atoms with van der Waals surface area (Å²) in [7, 11) is -0.681. The van der Waals surface area contributed by atoms with E-state index in [1.54, 1.807) is 12.5 Å². The van der Waals surface area contributed by atoms with Crippen molar-refractivity contribution in [1.29, 1.82) is 0 Å². The van der Waals surface area contributed by atoms with Gasteiger partial charge in [-0.05, 0) is 41.7 Å². The van der Waals surface area contributed by atoms with Crippen molar-refractivity contribution in [2.45, 2.75) is 11.7 Å². The topological polar surface area (TPSA) is 44.5 Å². The minimum Gasteiger partial charge on any atom is -0.489 e. The minimum absolute atomic E-state index is 0.0137. The van der Waals surface area contributed by atoms with Crippen molar-refractivity contribution in [2.75, 3.05) is 5.73 Å². The van der Waals surface area contributed by atoms with Crippen LogP contribution < -0.4 is 11.0 Å². The Morgan fingerprint density at radius 3 is 1.80 bits per heavy atom. The maximum absolute atomic E-state index is 5.78. The zero-order valence-corrected chi connectivity index (χ0v) is 11.8. The third-order valence-electron chi connectivity index (χ3n) is 3.11. The summed E-state index contributed by atoms with van der Waals surface area (Å²) in [6.45, 7) is 0. The molecule has 4 heteroatoms. The molecule has 20 heavy (non-hydrogen) atoms. The summed E-state index contributed by atoms with van der Waals surface area (Å²) in [5.41, 5.74) is 6.55. The zero-order valence-electron chi connectivity index (χ0n) is 10.9. The van der Waals surface area contributed by atoms with E-state index in [1.165, 1.54) is 5.30 Å². The van der Waals surface area contributed by atoms with Gasteiger partial charge in [-0.3, -0.25) is 0 Å². The second-order valence-corrected chi connectivity index (χ2v) is 6.83. The number of anilines is 1. The molecule has 1 aromatic carbocycles. The number of hydrogen-bond donors (Lipinski definition) is 1. The minimum atomic E-state index is -0.681. The SMILES string of the molecule is Nc1ccc(P(C2C=CC=CO2)C2C=CC=CO2)cc1. The highest BCUT2D eigenvalue weighted by atomic mass is 31.1. The van der Waals surface area contributed by atoms with Crippen LogP contribution in [-0.4, -0.2) is 11.7 Å². The first kappa shape index (κ1) is 13.0. The van der Waals surface area contributed by atoms with Gasteiger partial charge in [0.15, 0.2) is 0 Å². The van der Waals surface area contributed by atoms with Gasteiger partial charge in [-0.15, -0.1) is 0 Å². The number of hydrogen-bond acceptors (Lipinski definition) is 3. The van der Waals surface area contributed by atoms with Gasteiger partial charge in [0.1, 0.15) is 11.7 Å². The summed E-state index contributed by atoms with van der Waals surface area (Å²) in [4.78, 5) is 0. The Bertz CT molecular complexity index is 545. The van der Waals surface area contributed by atoms with Crippen LogP contribution in [0.4, 0.5) is 5.69 Å². The van der Waals surface area contributed by atoms with E-state index in [9.17, 15) is 0 Å². The van der Waals surface area contributed by atoms with Crippen LogP contribution in [0.25, 0.3) is 0 Å². The van der Waals surface area contributed by atoms with Gasteiger partial charge in [-0.2, -0.15) is 0 Å². The summed E-state index contributed by atoms with van der Waals surface area (Å²) in [6, 6.07) is 7.98. The van der Waals surface area contributed by atoms with Crippen LogP contribution in [0.5, 0.6) is 0 Å². The quantitative estimate of drug-likeness (QED) is 0.685. The number of rotatable bonds is 3. The molecule has 2 N–H and O–H groups in total. The van der Waals surface area contributed by atoms with Crippen LogP contribution >= 0.6 is 7.92 Å². The Hall–Kier alpha value is -1.99. The first-order valence-electron chi connectivity index (χ1n) is 6.46. The largest absolute Gasteiger partial charge is 0.489 e. The van der Waals surface area contributed by atoms with Crippen molar-refractivity contribution in [2.24, 2.45) is 0 Å². The van der Waals surface area contributed by atoms with Crippen molar-refractivity contribution in [3.63, 3.8) is 0 Å². The van der Waals surface area contributed by atoms with E-state index in [0.29, 0.717) is 0 Å². The van der Waals surface area contributed by atoms with E-state index in [2.05, 4.69) is 24.3 Å². The lowest BCUT2D eigenvalue weighted by molar-refractivity contribution is 0.226. The molecule has 0 bridgehead atoms. The molecule has 3 nitrogen and oxygen atoms in total. The lowest BCUT2D eigenvalue weighted by Gasteiger charge is -2.31. The van der Waals surface area contributed by atoms with Gasteiger partial charge in [-0.25, -0.2) is 0 Å². The molecule has 2 unspecified atom stereocenters. The fourth-order valence-electron chi connectivity index (χ4n) is 2.15. The molecule has 2 aliphatic rings. The molecule has 0 aliphatic carbocycles. The van der Waals surface area contributed by atoms with Crippen molar-refractivity contribution < 1.29 is 9.47 Å². The van der Waals surface area contributed by atoms with Gasteiger partial charge in [-0.1, -0.05) is 24.3 Å². The van der Waals surface area contributed by atoms with E-state index in [-0.39, 0.29) is 11.7 Å². The summed E-state index contributed by atoms with van der Waals surface area (Å²) in [5.74, 6) is 0.0274. The molecule has 2 atom stereocenters. The third kappa shape index (κ3) is 2.78. The normalized spacial score (nSPS) is 25.0. The molecule has 0 fully saturated rings. The van der Waals surface area contributed by atoms with Gasteiger partial charge < -0.3 is 15.2 Å². The molecule has 102 valence electrons. The smallest absolute Gasteiger partial charge is 0.142 e. The van der Waals surface area contributed by atoms with Crippen molar-refractivity contribution in [1.82, 2.24) is 0 Å². The van der Waals surface area contributed by atoms with Gasteiger partial charge in [0.05, 0.1) is 12.5 Å². The first-order valence-corrected chi connectivity index (χ1v) is 7.94. The summed E-state index contributed by atoms with van der Waals surface area (Å²) < 4.78 is 11.5. The van der Waals surface area contributed by atoms with Crippen LogP contribution in [0.3, 0.4) is 0 Å². The monoisotopic (exact) mass is 285 g/mol. The van der Waals surface area contributed by atoms with Crippen molar-refractivity contribution in [3.8, 4) is 0 Å². The number of nitrogens with two attached hydrogens (primary N) is 1. The number of benzene rings is 1. The molecule has 2 heterocycles. The summed E-state index contributed by atoms with van der Waals surface area (Å²) in [6.07, 6.45) is 15.5. The second kappa shape index (κ2) is 5.98. The number of nitrogen functional groups attached to an aromatic ring is 1. The Kier molecular flexibility index (Phi) is 3.89. The molecular formula is C16H16NO2P. The number of allylic oxidation sites excluding steroid dienone is 4. The van der Waals surface area contributed by atoms with Gasteiger partial charge in [0, 0.05) is 13.6 Å². The van der Waals surface area contributed by atoms with E-state index >= 15 is 0 Å². The Labute approximate surface area is 119 Å². The molecule has 2 aliphatic heterocycles. The van der Waals surface area contributed by atoms with E-state index in [1.807, 2.05) is 36.4 Å². The fourth-order valence-corrected chi connectivity index (χ4v) is 4.50. The maximum atomic E-state index is 5.78. The molecule has 0 saturated carbocycles. The van der Waals surface area contributed by atoms with Gasteiger partial charge in [0.2, 0.25) is 0 Å². The fraction of sp³-hybridized carbons (Fsp3) is 0.125. The predicted molar refractivity (Wildman–Crippen MR) is 83.7 cm³/mol. The van der Waals surface area contributed by atoms with Gasteiger partial charge >= 0.3 is 0 Å². The van der Waals surface area contributed by atoms with Gasteiger partial charge in [0.25, 0.3) is 0 Å². The summed E-state index contributed by atoms with van der Waals surface area (Å²) >= 11 is 0. The molecule has 0 amide bonds. The second-order valence-electron chi connectivity index (χ2n) is 4.48. The van der Waals surface area contributed by atoms with Crippen LogP contribution in [0, 0.1) is 0 Å². The standard InChI is InChI=1S/C16H16NO2P/c17-13-7-9-14(10-8-13)20(15-5-1-3-11-18-15)16-6-2-4-12-19-16/h1-12,15-16H,17H2. The predicted octanol–water partition coefficient (Wildman–Crippen LogP) is 3.23. The number of ether oxygens (including phenoxy) is 2. The zero-order chi connectivity index (χ0) is 13.8. The molecular weight excluding hydrogens is 269 g/mol. The highest BCUT2D eigenvalue weighted by molar-refractivity contribution is 7.67. The van der Waals surface area contributed by atoms with Crippen LogP contribution in [0.2, 0.25) is 0 Å². The Morgan fingerprint density at radius 2 is 1.35 bits per heavy atom. The lowest BCUT2D eigenvalue weighted by atomic mass is 10.3. The lowest BCUT2D eigenvalue weighted by Crippen LogP contribution is -2.23. The van der Waals surface area contributed by atoms with E-state index in [4.69, 9.17) is 15.2 Å². The molecule has 0 saturated heterocycles. The van der Waals surface area contributed by atoms with Crippen LogP contribution in [0.1, 0.15) is 0 Å². The Balaban J connectivity index is 1.92. The molecule has 0 aromatic heterocycles. The molecule has 0 radical (unpaired) electrons.